The van der Waals surface area contributed by atoms with Crippen LogP contribution < -0.4 is 0 Å². The summed E-state index contributed by atoms with van der Waals surface area (Å²) in [5, 5.41) is 0. The topological polar surface area (TPSA) is 17.1 Å². The van der Waals surface area contributed by atoms with Gasteiger partial charge in [-0.15, -0.1) is 0 Å². The Morgan fingerprint density at radius 3 is 1.92 bits per heavy atom. The van der Waals surface area contributed by atoms with Crippen LogP contribution in [0.5, 0.6) is 0 Å². The lowest BCUT2D eigenvalue weighted by atomic mass is 9.68. The van der Waals surface area contributed by atoms with E-state index in [9.17, 15) is 4.21 Å². The first kappa shape index (κ1) is 22.4. The van der Waals surface area contributed by atoms with Crippen LogP contribution in [0.3, 0.4) is 0 Å². The molecule has 2 aliphatic carbocycles. The van der Waals surface area contributed by atoms with Crippen molar-refractivity contribution in [3.05, 3.63) is 0 Å². The molecule has 26 heavy (non-hydrogen) atoms. The summed E-state index contributed by atoms with van der Waals surface area (Å²) in [5.41, 5.74) is 0. The third-order valence-electron chi connectivity index (χ3n) is 7.81. The molecule has 2 saturated carbocycles. The summed E-state index contributed by atoms with van der Waals surface area (Å²) >= 11 is 0. The number of hydrogen-bond acceptors (Lipinski definition) is 1. The normalized spacial score (nSPS) is 33.9. The minimum Gasteiger partial charge on any atom is -0.259 e. The minimum atomic E-state index is -0.647. The molecular weight excluding hydrogens is 336 g/mol. The van der Waals surface area contributed by atoms with Crippen LogP contribution in [0.4, 0.5) is 0 Å². The van der Waals surface area contributed by atoms with E-state index >= 15 is 0 Å². The molecule has 0 N–H and O–H groups in total. The third-order valence-corrected chi connectivity index (χ3v) is 9.64. The predicted molar refractivity (Wildman–Crippen MR) is 117 cm³/mol. The first-order chi connectivity index (χ1) is 12.6. The van der Waals surface area contributed by atoms with Crippen LogP contribution in [0, 0.1) is 17.8 Å². The van der Waals surface area contributed by atoms with Crippen molar-refractivity contribution < 1.29 is 4.21 Å². The first-order valence-corrected chi connectivity index (χ1v) is 13.5. The zero-order chi connectivity index (χ0) is 18.8. The predicted octanol–water partition coefficient (Wildman–Crippen LogP) is 7.65. The quantitative estimate of drug-likeness (QED) is 0.335. The Labute approximate surface area is 166 Å². The summed E-state index contributed by atoms with van der Waals surface area (Å²) in [6.45, 7) is 4.60. The molecule has 1 atom stereocenters. The Hall–Kier alpha value is 0.150. The second-order valence-corrected chi connectivity index (χ2v) is 11.3. The van der Waals surface area contributed by atoms with Gasteiger partial charge in [-0.1, -0.05) is 78.1 Å². The highest BCUT2D eigenvalue weighted by atomic mass is 32.2. The van der Waals surface area contributed by atoms with Crippen LogP contribution in [-0.4, -0.2) is 15.2 Å². The van der Waals surface area contributed by atoms with Gasteiger partial charge in [-0.25, -0.2) is 0 Å². The Kier molecular flexibility index (Phi) is 10.2. The lowest BCUT2D eigenvalue weighted by Crippen LogP contribution is -2.40. The second-order valence-electron chi connectivity index (χ2n) is 9.56. The smallest absolute Gasteiger partial charge is 0.0456 e. The van der Waals surface area contributed by atoms with Gasteiger partial charge in [0.25, 0.3) is 0 Å². The van der Waals surface area contributed by atoms with E-state index in [1.165, 1.54) is 109 Å². The first-order valence-electron chi connectivity index (χ1n) is 11.9. The molecule has 154 valence electrons. The van der Waals surface area contributed by atoms with E-state index in [1.807, 2.05) is 6.26 Å². The molecular formula is C24H46OS. The van der Waals surface area contributed by atoms with Gasteiger partial charge in [-0.05, 0) is 62.7 Å². The number of rotatable bonds is 11. The van der Waals surface area contributed by atoms with Gasteiger partial charge in [0.2, 0.25) is 0 Å². The summed E-state index contributed by atoms with van der Waals surface area (Å²) in [5.74, 6) is 2.96. The number of hydrogen-bond donors (Lipinski definition) is 0. The van der Waals surface area contributed by atoms with Gasteiger partial charge in [0.1, 0.15) is 0 Å². The molecule has 1 nitrogen and oxygen atoms in total. The third kappa shape index (κ3) is 6.64. The summed E-state index contributed by atoms with van der Waals surface area (Å²) in [4.78, 5) is 0. The summed E-state index contributed by atoms with van der Waals surface area (Å²) < 4.78 is 12.7. The fourth-order valence-electron chi connectivity index (χ4n) is 5.81. The van der Waals surface area contributed by atoms with E-state index in [2.05, 4.69) is 13.8 Å². The highest BCUT2D eigenvalue weighted by molar-refractivity contribution is 7.85. The zero-order valence-electron chi connectivity index (χ0n) is 18.1. The minimum absolute atomic E-state index is 0.168. The summed E-state index contributed by atoms with van der Waals surface area (Å²) in [7, 11) is -0.647. The number of unbranched alkanes of at least 4 members (excludes halogenated alkanes) is 5. The molecule has 0 bridgehead atoms. The Morgan fingerprint density at radius 1 is 0.769 bits per heavy atom. The maximum absolute atomic E-state index is 12.6. The molecule has 0 aromatic carbocycles. The molecule has 2 rings (SSSR count). The molecule has 0 aromatic heterocycles. The van der Waals surface area contributed by atoms with Crippen LogP contribution >= 0.6 is 0 Å². The van der Waals surface area contributed by atoms with Crippen molar-refractivity contribution in [1.82, 2.24) is 0 Å². The highest BCUT2D eigenvalue weighted by Gasteiger charge is 2.40. The van der Waals surface area contributed by atoms with Gasteiger partial charge in [-0.2, -0.15) is 0 Å². The van der Waals surface area contributed by atoms with E-state index in [4.69, 9.17) is 0 Å². The monoisotopic (exact) mass is 382 g/mol. The average Bonchev–Trinajstić information content (AvgIpc) is 2.67. The van der Waals surface area contributed by atoms with Gasteiger partial charge in [-0.3, -0.25) is 4.21 Å². The molecule has 0 radical (unpaired) electrons. The van der Waals surface area contributed by atoms with Gasteiger partial charge in [0.15, 0.2) is 0 Å². The van der Waals surface area contributed by atoms with Crippen molar-refractivity contribution in [3.63, 3.8) is 0 Å². The standard InChI is InChI=1S/C24H46OS/c1-4-6-8-9-10-18-24(26(3)25)19-16-23(17-20-24)22-14-12-21(13-15-22)11-7-5-2/h21-23H,4-20H2,1-3H3. The van der Waals surface area contributed by atoms with E-state index in [1.54, 1.807) is 0 Å². The Balaban J connectivity index is 1.74. The molecule has 1 unspecified atom stereocenters. The molecule has 0 spiro atoms. The fourth-order valence-corrected chi connectivity index (χ4v) is 7.05. The van der Waals surface area contributed by atoms with Crippen molar-refractivity contribution in [3.8, 4) is 0 Å². The van der Waals surface area contributed by atoms with Crippen molar-refractivity contribution in [1.29, 1.82) is 0 Å². The second kappa shape index (κ2) is 11.9. The SMILES string of the molecule is CCCCCCCC1(S(C)=O)CCC(C2CCC(CCCC)CC2)CC1. The van der Waals surface area contributed by atoms with Crippen molar-refractivity contribution in [2.24, 2.45) is 17.8 Å². The molecule has 0 heterocycles. The fraction of sp³-hybridized carbons (Fsp3) is 1.00. The van der Waals surface area contributed by atoms with E-state index in [-0.39, 0.29) is 4.75 Å². The molecule has 2 aliphatic rings. The van der Waals surface area contributed by atoms with Gasteiger partial charge >= 0.3 is 0 Å². The molecule has 0 aromatic rings. The van der Waals surface area contributed by atoms with Gasteiger partial charge in [0, 0.05) is 21.8 Å². The molecule has 0 saturated heterocycles. The van der Waals surface area contributed by atoms with E-state index < -0.39 is 10.8 Å². The van der Waals surface area contributed by atoms with Crippen LogP contribution in [0.25, 0.3) is 0 Å². The molecule has 2 heteroatoms. The van der Waals surface area contributed by atoms with Crippen LogP contribution in [0.1, 0.15) is 123 Å². The Bertz CT molecular complexity index is 389. The lowest BCUT2D eigenvalue weighted by molar-refractivity contribution is 0.147. The van der Waals surface area contributed by atoms with Crippen LogP contribution in [0.2, 0.25) is 0 Å². The lowest BCUT2D eigenvalue weighted by Gasteiger charge is -2.43. The molecule has 0 amide bonds. The zero-order valence-corrected chi connectivity index (χ0v) is 18.9. The van der Waals surface area contributed by atoms with Crippen molar-refractivity contribution >= 4 is 10.8 Å². The molecule has 0 aliphatic heterocycles. The maximum atomic E-state index is 12.6. The average molecular weight is 383 g/mol. The highest BCUT2D eigenvalue weighted by Crippen LogP contribution is 2.46. The van der Waals surface area contributed by atoms with Gasteiger partial charge < -0.3 is 0 Å². The maximum Gasteiger partial charge on any atom is 0.0456 e. The summed E-state index contributed by atoms with van der Waals surface area (Å²) in [6.07, 6.45) is 25.3. The van der Waals surface area contributed by atoms with E-state index in [0.29, 0.717) is 0 Å². The Morgan fingerprint density at radius 2 is 1.35 bits per heavy atom. The van der Waals surface area contributed by atoms with Crippen LogP contribution in [-0.2, 0) is 10.8 Å². The molecule has 2 fully saturated rings. The van der Waals surface area contributed by atoms with Crippen LogP contribution in [0.15, 0.2) is 0 Å². The van der Waals surface area contributed by atoms with E-state index in [0.717, 1.165) is 17.8 Å². The van der Waals surface area contributed by atoms with Crippen molar-refractivity contribution in [2.45, 2.75) is 128 Å². The largest absolute Gasteiger partial charge is 0.259 e. The van der Waals surface area contributed by atoms with Crippen molar-refractivity contribution in [2.75, 3.05) is 6.26 Å². The summed E-state index contributed by atoms with van der Waals surface area (Å²) in [6, 6.07) is 0. The van der Waals surface area contributed by atoms with Gasteiger partial charge in [0.05, 0.1) is 0 Å².